The highest BCUT2D eigenvalue weighted by molar-refractivity contribution is 5.70. The number of unbranched alkanes of at least 4 members (excludes halogenated alkanes) is 34. The summed E-state index contributed by atoms with van der Waals surface area (Å²) in [7, 11) is 0. The maximum Gasteiger partial charge on any atom is 0.305 e. The minimum absolute atomic E-state index is 0.116. The number of esters is 5. The molecule has 0 fully saturated rings. The molecule has 0 spiro atoms. The van der Waals surface area contributed by atoms with E-state index in [1.807, 2.05) is 13.8 Å². The molecule has 15 heteroatoms. The van der Waals surface area contributed by atoms with Crippen molar-refractivity contribution in [1.82, 2.24) is 0 Å². The van der Waals surface area contributed by atoms with Gasteiger partial charge in [-0.2, -0.15) is 0 Å². The zero-order valence-electron chi connectivity index (χ0n) is 89.5. The van der Waals surface area contributed by atoms with E-state index in [2.05, 4.69) is 219 Å². The van der Waals surface area contributed by atoms with Gasteiger partial charge in [0.05, 0.1) is 43.7 Å². The van der Waals surface area contributed by atoms with Crippen LogP contribution in [0, 0.1) is 0 Å². The Morgan fingerprint density at radius 3 is 0.625 bits per heavy atom. The van der Waals surface area contributed by atoms with Gasteiger partial charge in [0.25, 0.3) is 0 Å². The van der Waals surface area contributed by atoms with Crippen molar-refractivity contribution in [2.24, 2.45) is 0 Å². The predicted molar refractivity (Wildman–Crippen MR) is 583 cm³/mol. The molecule has 0 bridgehead atoms. The molecule has 0 aliphatic carbocycles. The lowest BCUT2D eigenvalue weighted by Crippen LogP contribution is -2.18. The lowest BCUT2D eigenvalue weighted by molar-refractivity contribution is -0.147. The molecule has 15 nitrogen and oxygen atoms in total. The predicted octanol–water partition coefficient (Wildman–Crippen LogP) is 34.0. The molecular weight excluding hydrogens is 1690 g/mol. The van der Waals surface area contributed by atoms with Crippen LogP contribution in [0.15, 0.2) is 170 Å². The zero-order chi connectivity index (χ0) is 101. The lowest BCUT2D eigenvalue weighted by Gasteiger charge is -2.11. The summed E-state index contributed by atoms with van der Waals surface area (Å²) in [5, 5.41) is 47.8. The van der Waals surface area contributed by atoms with Crippen LogP contribution in [-0.4, -0.2) is 119 Å². The maximum absolute atomic E-state index is 11.7. The van der Waals surface area contributed by atoms with E-state index in [1.54, 1.807) is 6.92 Å². The molecule has 5 N–H and O–H groups in total. The molecule has 0 aromatic rings. The molecule has 0 amide bonds. The minimum atomic E-state index is -0.509. The van der Waals surface area contributed by atoms with Crippen molar-refractivity contribution in [3.63, 3.8) is 0 Å². The van der Waals surface area contributed by atoms with Gasteiger partial charge in [0.1, 0.15) is 19.8 Å². The average molecular weight is 1910 g/mol. The highest BCUT2D eigenvalue weighted by Crippen LogP contribution is 2.18. The third kappa shape index (κ3) is 134. The van der Waals surface area contributed by atoms with Gasteiger partial charge in [-0.15, -0.1) is 0 Å². The van der Waals surface area contributed by atoms with Crippen molar-refractivity contribution in [3.05, 3.63) is 170 Å². The summed E-state index contributed by atoms with van der Waals surface area (Å²) in [6, 6.07) is 0. The number of allylic oxidation sites excluding steroid dienone is 28. The van der Waals surface area contributed by atoms with Crippen LogP contribution < -0.4 is 0 Å². The van der Waals surface area contributed by atoms with Gasteiger partial charge in [0.2, 0.25) is 0 Å². The van der Waals surface area contributed by atoms with Crippen LogP contribution in [0.3, 0.4) is 0 Å². The number of carbonyl (C=O) groups is 5. The van der Waals surface area contributed by atoms with Crippen LogP contribution >= 0.6 is 0 Å². The number of hydrogen-bond donors (Lipinski definition) is 5. The van der Waals surface area contributed by atoms with E-state index in [-0.39, 0.29) is 55.8 Å². The highest BCUT2D eigenvalue weighted by atomic mass is 16.6. The fraction of sp³-hybridized carbons (Fsp3) is 0.727. The van der Waals surface area contributed by atoms with Gasteiger partial charge in [-0.1, -0.05) is 406 Å². The van der Waals surface area contributed by atoms with Crippen LogP contribution in [0.4, 0.5) is 0 Å². The van der Waals surface area contributed by atoms with Crippen LogP contribution in [0.25, 0.3) is 0 Å². The van der Waals surface area contributed by atoms with E-state index in [9.17, 15) is 44.4 Å². The van der Waals surface area contributed by atoms with E-state index in [4.69, 9.17) is 28.8 Å². The molecule has 0 saturated carbocycles. The van der Waals surface area contributed by atoms with Crippen LogP contribution in [0.2, 0.25) is 0 Å². The number of ether oxygens (including phenoxy) is 5. The average Bonchev–Trinajstić information content (AvgIpc) is 1.02. The molecule has 0 saturated heterocycles. The molecule has 0 radical (unpaired) electrons. The van der Waals surface area contributed by atoms with E-state index in [0.717, 1.165) is 225 Å². The SMILES string of the molecule is CC/C=C\C/C=C\C/C=C\CCCCCCCC(=O)OCC(O)CCC.CC/C=C\C/C=C\C/C=C\CCCCCCCC(=O)OCC(O)CCCCCC.CC/C=C\C/C=C\C/C=C\CCCCCCCC(=O)OCCC(C)O.CC/C=C\C/C=C\C/C=C\CCCCCCCC(=O)OCCC(O)CCCCCC.CCCCC/C=C\C/C=C\CCCCCCCC(=O)OCC(O)CCC. The van der Waals surface area contributed by atoms with E-state index < -0.39 is 24.4 Å². The third-order valence-corrected chi connectivity index (χ3v) is 22.3. The first-order valence-electron chi connectivity index (χ1n) is 55.8. The Morgan fingerprint density at radius 1 is 0.191 bits per heavy atom. The number of aliphatic hydroxyl groups excluding tert-OH is 5. The molecular formula is C121H214O15. The first-order valence-corrected chi connectivity index (χ1v) is 55.8. The number of carbonyl (C=O) groups excluding carboxylic acids is 5. The van der Waals surface area contributed by atoms with Crippen molar-refractivity contribution >= 4 is 29.8 Å². The Bertz CT molecular complexity index is 2920. The number of hydrogen-bond acceptors (Lipinski definition) is 15. The fourth-order valence-electron chi connectivity index (χ4n) is 13.9. The van der Waals surface area contributed by atoms with E-state index in [1.165, 1.54) is 154 Å². The Kier molecular flexibility index (Phi) is 126. The van der Waals surface area contributed by atoms with E-state index in [0.29, 0.717) is 71.0 Å². The number of rotatable bonds is 92. The van der Waals surface area contributed by atoms with Gasteiger partial charge in [0.15, 0.2) is 0 Å². The minimum Gasteiger partial charge on any atom is -0.466 e. The summed E-state index contributed by atoms with van der Waals surface area (Å²) >= 11 is 0. The summed E-state index contributed by atoms with van der Waals surface area (Å²) in [5.41, 5.74) is 0. The lowest BCUT2D eigenvalue weighted by atomic mass is 10.1. The topological polar surface area (TPSA) is 233 Å². The van der Waals surface area contributed by atoms with Crippen LogP contribution in [0.1, 0.15) is 506 Å². The fourth-order valence-corrected chi connectivity index (χ4v) is 13.9. The van der Waals surface area contributed by atoms with Gasteiger partial charge in [0, 0.05) is 44.9 Å². The monoisotopic (exact) mass is 1910 g/mol. The van der Waals surface area contributed by atoms with Gasteiger partial charge in [-0.05, 0) is 225 Å². The molecule has 5 unspecified atom stereocenters. The molecule has 0 aromatic heterocycles. The van der Waals surface area contributed by atoms with Gasteiger partial charge in [-0.3, -0.25) is 24.0 Å². The third-order valence-electron chi connectivity index (χ3n) is 22.3. The Hall–Kier alpha value is -6.49. The van der Waals surface area contributed by atoms with Gasteiger partial charge >= 0.3 is 29.8 Å². The van der Waals surface area contributed by atoms with Crippen LogP contribution in [0.5, 0.6) is 0 Å². The zero-order valence-corrected chi connectivity index (χ0v) is 89.5. The van der Waals surface area contributed by atoms with E-state index >= 15 is 0 Å². The second kappa shape index (κ2) is 125. The summed E-state index contributed by atoms with van der Waals surface area (Å²) in [4.78, 5) is 57.9. The second-order valence-corrected chi connectivity index (χ2v) is 36.2. The largest absolute Gasteiger partial charge is 0.466 e. The summed E-state index contributed by atoms with van der Waals surface area (Å²) in [6.45, 7) is 22.0. The van der Waals surface area contributed by atoms with Crippen molar-refractivity contribution < 1.29 is 73.2 Å². The molecule has 136 heavy (non-hydrogen) atoms. The standard InChI is InChI=1S/C27H48O3.C26H46O3.C23H42O3.C23H40O3.C22H38O3/c1-3-5-7-9-10-11-12-13-14-15-16-17-18-19-21-23-27(29)30-25-24-26(28)22-20-8-6-4-2;1-3-5-7-9-10-11-12-13-14-15-16-17-18-19-21-23-26(28)29-24-25(27)22-20-8-6-4-2;2*1-3-5-6-7-8-9-10-11-12-13-14-15-16-17-18-20-23(25)26-21-22(24)19-4-2;1-3-4-5-6-7-8-9-10-11-12-13-14-15-16-17-18-22(24)25-20-19-21(2)23/h5,7,10-11,13-14,26,28H,3-4,6,8-9,12,15-25H2,1-2H3;5,7,10-11,13-14,25,27H,3-4,6,8-9,12,15-24H2,1-2H3;8-9,11-12,22,24H,3-7,10,13-21H2,1-2H3;5-6,8-9,11-12,22,24H,3-4,7,10,13-21H2,1-2H3;4-5,7-8,10-11,21,23H,3,6,9,12-20H2,1-2H3/b2*7-5-,11-10-,14-13-;9-8-,12-11-;6-5-,9-8-,12-11-;5-4-,8-7-,11-10-. The van der Waals surface area contributed by atoms with Gasteiger partial charge < -0.3 is 49.2 Å². The maximum atomic E-state index is 11.7. The first kappa shape index (κ1) is 138. The summed E-state index contributed by atoms with van der Waals surface area (Å²) in [5.74, 6) is -0.776. The van der Waals surface area contributed by atoms with Crippen molar-refractivity contribution in [2.45, 2.75) is 536 Å². The first-order chi connectivity index (χ1) is 66.5. The summed E-state index contributed by atoms with van der Waals surface area (Å²) in [6.07, 6.45) is 130. The molecule has 0 heterocycles. The number of aliphatic hydroxyl groups is 5. The smallest absolute Gasteiger partial charge is 0.305 e. The summed E-state index contributed by atoms with van der Waals surface area (Å²) < 4.78 is 25.6. The molecule has 0 aliphatic heterocycles. The van der Waals surface area contributed by atoms with Crippen molar-refractivity contribution in [1.29, 1.82) is 0 Å². The molecule has 788 valence electrons. The Labute approximate surface area is 837 Å². The van der Waals surface area contributed by atoms with Crippen molar-refractivity contribution in [2.75, 3.05) is 33.0 Å². The molecule has 0 rings (SSSR count). The quantitative estimate of drug-likeness (QED) is 0.0165. The second-order valence-electron chi connectivity index (χ2n) is 36.2. The molecule has 0 aliphatic rings. The Balaban J connectivity index is -0.000000527. The van der Waals surface area contributed by atoms with Crippen LogP contribution in [-0.2, 0) is 47.7 Å². The molecule has 5 atom stereocenters. The van der Waals surface area contributed by atoms with Crippen molar-refractivity contribution in [3.8, 4) is 0 Å². The highest BCUT2D eigenvalue weighted by Gasteiger charge is 2.13. The van der Waals surface area contributed by atoms with Gasteiger partial charge in [-0.25, -0.2) is 0 Å². The molecule has 0 aromatic carbocycles. The normalized spacial score (nSPS) is 13.1. The Morgan fingerprint density at radius 2 is 0.382 bits per heavy atom.